The molecule has 0 atom stereocenters. The van der Waals surface area contributed by atoms with Gasteiger partial charge in [-0.2, -0.15) is 4.74 Å². The molecule has 1 saturated heterocycles. The molecule has 3 aromatic rings. The SMILES string of the molecule is COC(=O)c1cc(/C(=C\CCN2CCOC2=O)c2cc(C)c3on(C)c(=O)c3c2)cc(C)c1OC. The number of hydrogen-bond donors (Lipinski definition) is 0. The van der Waals surface area contributed by atoms with Crippen LogP contribution in [0.1, 0.15) is 39.0 Å². The van der Waals surface area contributed by atoms with Gasteiger partial charge in [0.25, 0.3) is 5.56 Å². The first-order valence-corrected chi connectivity index (χ1v) is 11.2. The number of cyclic esters (lactones) is 1. The molecule has 9 heteroatoms. The minimum absolute atomic E-state index is 0.231. The Morgan fingerprint density at radius 2 is 1.80 bits per heavy atom. The quantitative estimate of drug-likeness (QED) is 0.474. The van der Waals surface area contributed by atoms with Crippen LogP contribution in [0.25, 0.3) is 16.5 Å². The maximum Gasteiger partial charge on any atom is 0.409 e. The van der Waals surface area contributed by atoms with Crippen LogP contribution in [0.15, 0.2) is 39.7 Å². The Balaban J connectivity index is 1.86. The van der Waals surface area contributed by atoms with E-state index in [-0.39, 0.29) is 11.7 Å². The van der Waals surface area contributed by atoms with Gasteiger partial charge in [0.15, 0.2) is 5.58 Å². The fourth-order valence-corrected chi connectivity index (χ4v) is 4.42. The van der Waals surface area contributed by atoms with Crippen LogP contribution in [0.2, 0.25) is 0 Å². The van der Waals surface area contributed by atoms with Gasteiger partial charge in [-0.05, 0) is 72.4 Å². The normalized spacial score (nSPS) is 13.9. The predicted molar refractivity (Wildman–Crippen MR) is 130 cm³/mol. The Kier molecular flexibility index (Phi) is 6.68. The molecule has 1 fully saturated rings. The number of esters is 1. The summed E-state index contributed by atoms with van der Waals surface area (Å²) >= 11 is 0. The molecule has 0 radical (unpaired) electrons. The summed E-state index contributed by atoms with van der Waals surface area (Å²) in [5.41, 5.74) is 4.52. The van der Waals surface area contributed by atoms with Crippen molar-refractivity contribution >= 4 is 28.6 Å². The van der Waals surface area contributed by atoms with E-state index in [0.717, 1.165) is 27.8 Å². The highest BCUT2D eigenvalue weighted by Gasteiger charge is 2.22. The van der Waals surface area contributed by atoms with Gasteiger partial charge in [0.05, 0.1) is 26.2 Å². The third kappa shape index (κ3) is 4.53. The smallest absolute Gasteiger partial charge is 0.409 e. The highest BCUT2D eigenvalue weighted by atomic mass is 16.6. The van der Waals surface area contributed by atoms with E-state index in [9.17, 15) is 14.4 Å². The highest BCUT2D eigenvalue weighted by molar-refractivity contribution is 5.96. The summed E-state index contributed by atoms with van der Waals surface area (Å²) in [7, 11) is 4.40. The van der Waals surface area contributed by atoms with Gasteiger partial charge >= 0.3 is 12.1 Å². The lowest BCUT2D eigenvalue weighted by Crippen LogP contribution is -2.24. The first-order chi connectivity index (χ1) is 16.7. The standard InChI is InChI=1S/C26H28N2O7/c1-15-11-18(14-21(22(15)32-4)25(30)33-5)19(7-6-8-28-9-10-34-26(28)31)17-12-16(2)23-20(13-17)24(29)27(3)35-23/h7,11-14H,6,8-10H2,1-5H3/b19-7-. The van der Waals surface area contributed by atoms with E-state index in [0.29, 0.717) is 48.4 Å². The lowest BCUT2D eigenvalue weighted by molar-refractivity contribution is 0.0596. The molecule has 0 saturated carbocycles. The summed E-state index contributed by atoms with van der Waals surface area (Å²) in [5.74, 6) is -0.0728. The Morgan fingerprint density at radius 3 is 2.46 bits per heavy atom. The molecule has 184 valence electrons. The molecule has 4 rings (SSSR count). The van der Waals surface area contributed by atoms with Gasteiger partial charge in [0, 0.05) is 13.6 Å². The second-order valence-electron chi connectivity index (χ2n) is 8.44. The number of carbonyl (C=O) groups excluding carboxylic acids is 2. The number of fused-ring (bicyclic) bond motifs is 1. The number of nitrogens with zero attached hydrogens (tertiary/aromatic N) is 2. The van der Waals surface area contributed by atoms with Gasteiger partial charge in [0.1, 0.15) is 17.9 Å². The summed E-state index contributed by atoms with van der Waals surface area (Å²) in [6.07, 6.45) is 2.22. The zero-order chi connectivity index (χ0) is 25.3. The van der Waals surface area contributed by atoms with Gasteiger partial charge in [-0.15, -0.1) is 0 Å². The molecule has 35 heavy (non-hydrogen) atoms. The molecule has 0 unspecified atom stereocenters. The fraction of sp³-hybridized carbons (Fsp3) is 0.346. The van der Waals surface area contributed by atoms with Gasteiger partial charge in [-0.1, -0.05) is 6.08 Å². The van der Waals surface area contributed by atoms with Crippen LogP contribution in [0.4, 0.5) is 4.79 Å². The van der Waals surface area contributed by atoms with Crippen molar-refractivity contribution in [2.24, 2.45) is 7.05 Å². The number of rotatable bonds is 7. The summed E-state index contributed by atoms with van der Waals surface area (Å²) < 4.78 is 22.3. The van der Waals surface area contributed by atoms with Gasteiger partial charge in [0.2, 0.25) is 0 Å². The molecule has 9 nitrogen and oxygen atoms in total. The summed E-state index contributed by atoms with van der Waals surface area (Å²) in [4.78, 5) is 38.7. The van der Waals surface area contributed by atoms with E-state index in [2.05, 4.69) is 0 Å². The number of benzene rings is 2. The van der Waals surface area contributed by atoms with Gasteiger partial charge < -0.3 is 23.6 Å². The Bertz CT molecular complexity index is 1400. The number of amides is 1. The molecule has 1 aliphatic heterocycles. The summed E-state index contributed by atoms with van der Waals surface area (Å²) in [5, 5.41) is 0.468. The largest absolute Gasteiger partial charge is 0.496 e. The maximum absolute atomic E-state index is 12.6. The van der Waals surface area contributed by atoms with Crippen LogP contribution in [0, 0.1) is 13.8 Å². The lowest BCUT2D eigenvalue weighted by Gasteiger charge is -2.16. The Hall–Kier alpha value is -4.01. The van der Waals surface area contributed by atoms with Crippen molar-refractivity contribution in [3.05, 3.63) is 68.5 Å². The van der Waals surface area contributed by atoms with Crippen LogP contribution < -0.4 is 10.3 Å². The van der Waals surface area contributed by atoms with Gasteiger partial charge in [-0.25, -0.2) is 9.59 Å². The minimum Gasteiger partial charge on any atom is -0.496 e. The van der Waals surface area contributed by atoms with Gasteiger partial charge in [-0.3, -0.25) is 4.79 Å². The second kappa shape index (κ2) is 9.69. The highest BCUT2D eigenvalue weighted by Crippen LogP contribution is 2.34. The molecule has 0 aliphatic carbocycles. The van der Waals surface area contributed by atoms with Crippen LogP contribution in [-0.2, 0) is 16.5 Å². The monoisotopic (exact) mass is 480 g/mol. The van der Waals surface area contributed by atoms with Crippen molar-refractivity contribution in [1.29, 1.82) is 0 Å². The summed E-state index contributed by atoms with van der Waals surface area (Å²) in [6, 6.07) is 7.38. The Morgan fingerprint density at radius 1 is 1.09 bits per heavy atom. The topological polar surface area (TPSA) is 100 Å². The summed E-state index contributed by atoms with van der Waals surface area (Å²) in [6.45, 7) is 5.15. The molecule has 2 aromatic carbocycles. The molecule has 2 heterocycles. The van der Waals surface area contributed by atoms with E-state index in [4.69, 9.17) is 18.7 Å². The first-order valence-electron chi connectivity index (χ1n) is 11.2. The lowest BCUT2D eigenvalue weighted by atomic mass is 9.91. The van der Waals surface area contributed by atoms with E-state index >= 15 is 0 Å². The molecular weight excluding hydrogens is 452 g/mol. The van der Waals surface area contributed by atoms with Crippen molar-refractivity contribution in [3.63, 3.8) is 0 Å². The van der Waals surface area contributed by atoms with Crippen LogP contribution >= 0.6 is 0 Å². The van der Waals surface area contributed by atoms with Crippen molar-refractivity contribution < 1.29 is 28.3 Å². The first kappa shape index (κ1) is 24.1. The zero-order valence-corrected chi connectivity index (χ0v) is 20.5. The maximum atomic E-state index is 12.6. The molecule has 0 bridgehead atoms. The number of hydrogen-bond acceptors (Lipinski definition) is 7. The molecule has 1 amide bonds. The number of carbonyl (C=O) groups is 2. The average molecular weight is 481 g/mol. The average Bonchev–Trinajstić information content (AvgIpc) is 3.38. The van der Waals surface area contributed by atoms with Crippen LogP contribution in [-0.4, -0.2) is 55.6 Å². The van der Waals surface area contributed by atoms with E-state index in [1.807, 2.05) is 32.1 Å². The fourth-order valence-electron chi connectivity index (χ4n) is 4.42. The zero-order valence-electron chi connectivity index (χ0n) is 20.5. The van der Waals surface area contributed by atoms with E-state index in [1.54, 1.807) is 24.1 Å². The molecule has 1 aromatic heterocycles. The number of methoxy groups -OCH3 is 2. The molecular formula is C26H28N2O7. The molecule has 0 spiro atoms. The van der Waals surface area contributed by atoms with E-state index in [1.165, 1.54) is 19.0 Å². The van der Waals surface area contributed by atoms with Crippen molar-refractivity contribution in [3.8, 4) is 5.75 Å². The Labute approximate surface area is 202 Å². The number of aryl methyl sites for hydroxylation is 3. The molecule has 0 N–H and O–H groups in total. The van der Waals surface area contributed by atoms with Crippen molar-refractivity contribution in [2.45, 2.75) is 20.3 Å². The van der Waals surface area contributed by atoms with E-state index < -0.39 is 5.97 Å². The third-order valence-corrected chi connectivity index (χ3v) is 6.12. The molecule has 1 aliphatic rings. The van der Waals surface area contributed by atoms with Crippen molar-refractivity contribution in [1.82, 2.24) is 9.64 Å². The second-order valence-corrected chi connectivity index (χ2v) is 8.44. The van der Waals surface area contributed by atoms with Crippen LogP contribution in [0.3, 0.4) is 0 Å². The predicted octanol–water partition coefficient (Wildman–Crippen LogP) is 3.82. The van der Waals surface area contributed by atoms with Crippen LogP contribution in [0.5, 0.6) is 5.75 Å². The number of ether oxygens (including phenoxy) is 3. The number of aromatic nitrogens is 1. The third-order valence-electron chi connectivity index (χ3n) is 6.12. The van der Waals surface area contributed by atoms with Crippen molar-refractivity contribution in [2.75, 3.05) is 33.9 Å². The minimum atomic E-state index is -0.513.